The molecule has 1 saturated heterocycles. The number of ether oxygens (including phenoxy) is 1. The number of aromatic amines is 1. The molecule has 2 heterocycles. The lowest BCUT2D eigenvalue weighted by molar-refractivity contribution is 0.216. The Morgan fingerprint density at radius 2 is 1.87 bits per heavy atom. The zero-order valence-corrected chi connectivity index (χ0v) is 17.1. The Labute approximate surface area is 176 Å². The van der Waals surface area contributed by atoms with E-state index in [-0.39, 0.29) is 11.7 Å². The highest BCUT2D eigenvalue weighted by atomic mass is 19.1. The standard InChI is InChI=1S/C24H28FN3O2/c25-18-6-11-21-22(24(29)27-23(21)16-18)17-26-19-7-9-20(10-8-19)30-15-5-4-14-28-12-2-1-3-13-28/h6-11,16-17,27,29H,1-5,12-15H2. The molecule has 0 saturated carbocycles. The Morgan fingerprint density at radius 1 is 1.07 bits per heavy atom. The number of nitrogens with one attached hydrogen (secondary N) is 1. The summed E-state index contributed by atoms with van der Waals surface area (Å²) in [5, 5.41) is 10.8. The first-order valence-electron chi connectivity index (χ1n) is 10.7. The largest absolute Gasteiger partial charge is 0.494 e. The van der Waals surface area contributed by atoms with E-state index in [0.29, 0.717) is 11.1 Å². The molecule has 3 aromatic rings. The van der Waals surface area contributed by atoms with Crippen LogP contribution >= 0.6 is 0 Å². The van der Waals surface area contributed by atoms with Gasteiger partial charge in [0.2, 0.25) is 0 Å². The smallest absolute Gasteiger partial charge is 0.198 e. The number of fused-ring (bicyclic) bond motifs is 1. The van der Waals surface area contributed by atoms with E-state index >= 15 is 0 Å². The molecule has 158 valence electrons. The summed E-state index contributed by atoms with van der Waals surface area (Å²) in [6.45, 7) is 4.38. The summed E-state index contributed by atoms with van der Waals surface area (Å²) >= 11 is 0. The highest BCUT2D eigenvalue weighted by Gasteiger charge is 2.10. The van der Waals surface area contributed by atoms with Gasteiger partial charge in [0, 0.05) is 11.6 Å². The van der Waals surface area contributed by atoms with Crippen LogP contribution in [0.4, 0.5) is 10.1 Å². The predicted octanol–water partition coefficient (Wildman–Crippen LogP) is 5.41. The van der Waals surface area contributed by atoms with E-state index in [2.05, 4.69) is 14.9 Å². The maximum absolute atomic E-state index is 13.3. The maximum atomic E-state index is 13.3. The second-order valence-corrected chi connectivity index (χ2v) is 7.79. The molecule has 4 rings (SSSR count). The number of aliphatic imine (C=N–C) groups is 1. The number of hydrogen-bond acceptors (Lipinski definition) is 4. The molecule has 0 aliphatic carbocycles. The highest BCUT2D eigenvalue weighted by molar-refractivity contribution is 6.02. The number of likely N-dealkylation sites (tertiary alicyclic amines) is 1. The van der Waals surface area contributed by atoms with Gasteiger partial charge in [0.05, 0.1) is 23.4 Å². The van der Waals surface area contributed by atoms with Crippen LogP contribution in [0.25, 0.3) is 10.9 Å². The van der Waals surface area contributed by atoms with Crippen molar-refractivity contribution in [2.75, 3.05) is 26.2 Å². The zero-order chi connectivity index (χ0) is 20.8. The number of aromatic hydroxyl groups is 1. The molecule has 5 nitrogen and oxygen atoms in total. The van der Waals surface area contributed by atoms with Crippen LogP contribution in [0.3, 0.4) is 0 Å². The monoisotopic (exact) mass is 409 g/mol. The molecule has 2 aromatic carbocycles. The molecule has 0 amide bonds. The molecular formula is C24H28FN3O2. The fourth-order valence-corrected chi connectivity index (χ4v) is 3.89. The summed E-state index contributed by atoms with van der Waals surface area (Å²) in [6, 6.07) is 11.9. The number of aromatic nitrogens is 1. The van der Waals surface area contributed by atoms with Crippen LogP contribution in [0.1, 0.15) is 37.7 Å². The Kier molecular flexibility index (Phi) is 6.64. The number of nitrogens with zero attached hydrogens (tertiary/aromatic N) is 2. The SMILES string of the molecule is Oc1[nH]c2cc(F)ccc2c1C=Nc1ccc(OCCCCN2CCCCC2)cc1. The molecule has 0 atom stereocenters. The summed E-state index contributed by atoms with van der Waals surface area (Å²) in [6.07, 6.45) is 7.86. The number of halogens is 1. The van der Waals surface area contributed by atoms with Crippen LogP contribution in [0.2, 0.25) is 0 Å². The van der Waals surface area contributed by atoms with Crippen molar-refractivity contribution in [3.05, 3.63) is 53.8 Å². The Balaban J connectivity index is 1.27. The molecule has 1 aromatic heterocycles. The molecule has 1 aliphatic rings. The average molecular weight is 410 g/mol. The fourth-order valence-electron chi connectivity index (χ4n) is 3.89. The third-order valence-corrected chi connectivity index (χ3v) is 5.55. The van der Waals surface area contributed by atoms with Crippen LogP contribution < -0.4 is 4.74 Å². The van der Waals surface area contributed by atoms with Crippen molar-refractivity contribution in [1.29, 1.82) is 0 Å². The lowest BCUT2D eigenvalue weighted by Crippen LogP contribution is -2.30. The van der Waals surface area contributed by atoms with Gasteiger partial charge in [0.1, 0.15) is 11.6 Å². The van der Waals surface area contributed by atoms with Gasteiger partial charge in [-0.05, 0) is 87.8 Å². The van der Waals surface area contributed by atoms with E-state index in [1.54, 1.807) is 12.3 Å². The van der Waals surface area contributed by atoms with Crippen molar-refractivity contribution in [1.82, 2.24) is 9.88 Å². The van der Waals surface area contributed by atoms with Crippen molar-refractivity contribution < 1.29 is 14.2 Å². The molecule has 0 radical (unpaired) electrons. The van der Waals surface area contributed by atoms with E-state index in [9.17, 15) is 9.50 Å². The maximum Gasteiger partial charge on any atom is 0.198 e. The summed E-state index contributed by atoms with van der Waals surface area (Å²) in [5.41, 5.74) is 1.83. The molecule has 30 heavy (non-hydrogen) atoms. The minimum absolute atomic E-state index is 0.0242. The Hall–Kier alpha value is -2.86. The minimum Gasteiger partial charge on any atom is -0.494 e. The molecule has 1 fully saturated rings. The summed E-state index contributed by atoms with van der Waals surface area (Å²) in [4.78, 5) is 9.75. The normalized spacial score (nSPS) is 15.2. The van der Waals surface area contributed by atoms with E-state index in [1.165, 1.54) is 57.5 Å². The quantitative estimate of drug-likeness (QED) is 0.386. The first-order valence-corrected chi connectivity index (χ1v) is 10.7. The Morgan fingerprint density at radius 3 is 2.67 bits per heavy atom. The van der Waals surface area contributed by atoms with Crippen LogP contribution in [0.15, 0.2) is 47.5 Å². The summed E-state index contributed by atoms with van der Waals surface area (Å²) in [7, 11) is 0. The van der Waals surface area contributed by atoms with E-state index in [1.807, 2.05) is 24.3 Å². The van der Waals surface area contributed by atoms with Gasteiger partial charge in [-0.3, -0.25) is 4.99 Å². The second-order valence-electron chi connectivity index (χ2n) is 7.79. The second kappa shape index (κ2) is 9.76. The van der Waals surface area contributed by atoms with Crippen LogP contribution in [-0.4, -0.2) is 47.4 Å². The van der Waals surface area contributed by atoms with E-state index < -0.39 is 0 Å². The lowest BCUT2D eigenvalue weighted by Gasteiger charge is -2.26. The van der Waals surface area contributed by atoms with Gasteiger partial charge in [0.25, 0.3) is 0 Å². The van der Waals surface area contributed by atoms with E-state index in [4.69, 9.17) is 4.74 Å². The average Bonchev–Trinajstić information content (AvgIpc) is 3.07. The molecule has 1 aliphatic heterocycles. The van der Waals surface area contributed by atoms with Crippen LogP contribution in [-0.2, 0) is 0 Å². The topological polar surface area (TPSA) is 60.9 Å². The number of rotatable bonds is 8. The predicted molar refractivity (Wildman–Crippen MR) is 119 cm³/mol. The third kappa shape index (κ3) is 5.19. The zero-order valence-electron chi connectivity index (χ0n) is 17.1. The van der Waals surface area contributed by atoms with Crippen molar-refractivity contribution in [2.24, 2.45) is 4.99 Å². The van der Waals surface area contributed by atoms with Gasteiger partial charge in [0.15, 0.2) is 5.88 Å². The molecule has 0 bridgehead atoms. The number of benzene rings is 2. The van der Waals surface area contributed by atoms with Crippen molar-refractivity contribution in [3.63, 3.8) is 0 Å². The number of piperidine rings is 1. The first-order chi connectivity index (χ1) is 14.7. The molecule has 0 unspecified atom stereocenters. The van der Waals surface area contributed by atoms with Gasteiger partial charge >= 0.3 is 0 Å². The van der Waals surface area contributed by atoms with Crippen molar-refractivity contribution >= 4 is 22.8 Å². The number of unbranched alkanes of at least 4 members (excludes halogenated alkanes) is 1. The number of hydrogen-bond donors (Lipinski definition) is 2. The summed E-state index contributed by atoms with van der Waals surface area (Å²) < 4.78 is 19.2. The van der Waals surface area contributed by atoms with Gasteiger partial charge in [-0.2, -0.15) is 0 Å². The first kappa shape index (κ1) is 20.4. The Bertz CT molecular complexity index is 992. The number of H-pyrrole nitrogens is 1. The van der Waals surface area contributed by atoms with Gasteiger partial charge in [-0.25, -0.2) is 4.39 Å². The van der Waals surface area contributed by atoms with Crippen molar-refractivity contribution in [2.45, 2.75) is 32.1 Å². The van der Waals surface area contributed by atoms with Gasteiger partial charge < -0.3 is 19.7 Å². The third-order valence-electron chi connectivity index (χ3n) is 5.55. The molecule has 2 N–H and O–H groups in total. The lowest BCUT2D eigenvalue weighted by atomic mass is 10.1. The molecule has 0 spiro atoms. The van der Waals surface area contributed by atoms with Gasteiger partial charge in [-0.1, -0.05) is 6.42 Å². The van der Waals surface area contributed by atoms with Crippen LogP contribution in [0.5, 0.6) is 11.6 Å². The minimum atomic E-state index is -0.352. The molecule has 6 heteroatoms. The summed E-state index contributed by atoms with van der Waals surface area (Å²) in [5.74, 6) is 0.454. The van der Waals surface area contributed by atoms with Crippen molar-refractivity contribution in [3.8, 4) is 11.6 Å². The van der Waals surface area contributed by atoms with Gasteiger partial charge in [-0.15, -0.1) is 0 Å². The van der Waals surface area contributed by atoms with Crippen LogP contribution in [0, 0.1) is 5.82 Å². The fraction of sp³-hybridized carbons (Fsp3) is 0.375. The highest BCUT2D eigenvalue weighted by Crippen LogP contribution is 2.27. The molecular weight excluding hydrogens is 381 g/mol. The van der Waals surface area contributed by atoms with E-state index in [0.717, 1.165) is 29.9 Å².